The van der Waals surface area contributed by atoms with Crippen molar-refractivity contribution in [2.45, 2.75) is 84.5 Å². The van der Waals surface area contributed by atoms with Gasteiger partial charge in [-0.15, -0.1) is 6.58 Å². The van der Waals surface area contributed by atoms with E-state index in [9.17, 15) is 9.90 Å². The largest absolute Gasteiger partial charge is 0.458 e. The minimum absolute atomic E-state index is 0.144. The molecule has 2 bridgehead atoms. The van der Waals surface area contributed by atoms with E-state index in [1.54, 1.807) is 6.08 Å². The zero-order chi connectivity index (χ0) is 18.3. The Labute approximate surface area is 146 Å². The van der Waals surface area contributed by atoms with E-state index >= 15 is 0 Å². The fourth-order valence-corrected chi connectivity index (χ4v) is 4.21. The van der Waals surface area contributed by atoms with Gasteiger partial charge in [0.25, 0.3) is 0 Å². The van der Waals surface area contributed by atoms with Crippen molar-refractivity contribution >= 4 is 11.7 Å². The fraction of sp³-hybridized carbons (Fsp3) is 0.800. The van der Waals surface area contributed by atoms with Gasteiger partial charge in [-0.1, -0.05) is 19.9 Å². The number of nitrogens with zero attached hydrogens (tertiary/aromatic N) is 1. The van der Waals surface area contributed by atoms with Crippen molar-refractivity contribution in [2.75, 3.05) is 0 Å². The minimum Gasteiger partial charge on any atom is -0.458 e. The van der Waals surface area contributed by atoms with Crippen LogP contribution in [0.5, 0.6) is 0 Å². The van der Waals surface area contributed by atoms with Crippen molar-refractivity contribution in [3.8, 4) is 0 Å². The summed E-state index contributed by atoms with van der Waals surface area (Å²) in [6, 6.07) is -0.565. The maximum absolute atomic E-state index is 12.5. The molecule has 0 aliphatic heterocycles. The predicted molar refractivity (Wildman–Crippen MR) is 97.1 cm³/mol. The number of rotatable bonds is 5. The lowest BCUT2D eigenvalue weighted by Crippen LogP contribution is -2.65. The number of esters is 1. The fourth-order valence-electron chi connectivity index (χ4n) is 4.21. The summed E-state index contributed by atoms with van der Waals surface area (Å²) in [6.45, 7) is 15.6. The number of hydrogen-bond donors (Lipinski definition) is 1. The van der Waals surface area contributed by atoms with Gasteiger partial charge in [0.1, 0.15) is 17.2 Å². The highest BCUT2D eigenvalue weighted by Gasteiger charge is 2.61. The van der Waals surface area contributed by atoms with Crippen LogP contribution in [-0.4, -0.2) is 34.0 Å². The molecule has 3 aliphatic carbocycles. The monoisotopic (exact) mass is 335 g/mol. The summed E-state index contributed by atoms with van der Waals surface area (Å²) in [7, 11) is 0. The van der Waals surface area contributed by atoms with Gasteiger partial charge in [-0.05, 0) is 70.6 Å². The van der Waals surface area contributed by atoms with E-state index in [1.165, 1.54) is 0 Å². The minimum atomic E-state index is -0.938. The van der Waals surface area contributed by atoms with Crippen molar-refractivity contribution in [1.82, 2.24) is 0 Å². The molecule has 3 fully saturated rings. The van der Waals surface area contributed by atoms with Crippen molar-refractivity contribution < 1.29 is 14.6 Å². The number of fused-ring (bicyclic) bond motifs is 2. The smallest absolute Gasteiger partial charge is 0.331 e. The Morgan fingerprint density at radius 1 is 1.46 bits per heavy atom. The summed E-state index contributed by atoms with van der Waals surface area (Å²) < 4.78 is 5.52. The van der Waals surface area contributed by atoms with E-state index in [2.05, 4.69) is 20.4 Å². The van der Waals surface area contributed by atoms with Crippen LogP contribution in [0.25, 0.3) is 0 Å². The third-order valence-electron chi connectivity index (χ3n) is 5.81. The van der Waals surface area contributed by atoms with Gasteiger partial charge in [0, 0.05) is 5.71 Å². The SMILES string of the molecule is C=CCC[C@@H](N=C1C[C@@H]2C[C@@H](C2(C)C)[C@]1(C)O)C(=O)OC(C)(C)C. The lowest BCUT2D eigenvalue weighted by molar-refractivity contribution is -0.156. The number of carbonyl (C=O) groups is 1. The molecule has 24 heavy (non-hydrogen) atoms. The van der Waals surface area contributed by atoms with Gasteiger partial charge in [-0.25, -0.2) is 4.79 Å². The standard InChI is InChI=1S/C20H33NO3/c1-8-9-10-14(17(22)24-18(2,3)4)21-16-12-13-11-15(19(13,5)6)20(16,7)23/h8,13-15,23H,1,9-12H2,2-7H3/t13-,14+,15-,20-/m0/s1. The van der Waals surface area contributed by atoms with E-state index in [4.69, 9.17) is 9.73 Å². The predicted octanol–water partition coefficient (Wildman–Crippen LogP) is 3.92. The second-order valence-electron chi connectivity index (χ2n) is 9.15. The Morgan fingerprint density at radius 3 is 2.54 bits per heavy atom. The number of hydrogen-bond acceptors (Lipinski definition) is 4. The lowest BCUT2D eigenvalue weighted by atomic mass is 9.44. The maximum Gasteiger partial charge on any atom is 0.331 e. The zero-order valence-corrected chi connectivity index (χ0v) is 16.1. The summed E-state index contributed by atoms with van der Waals surface area (Å²) in [4.78, 5) is 17.2. The van der Waals surface area contributed by atoms with Crippen molar-refractivity contribution in [3.05, 3.63) is 12.7 Å². The summed E-state index contributed by atoms with van der Waals surface area (Å²) >= 11 is 0. The lowest BCUT2D eigenvalue weighted by Gasteiger charge is -2.62. The second kappa shape index (κ2) is 6.29. The third kappa shape index (κ3) is 3.58. The molecule has 0 radical (unpaired) electrons. The molecule has 0 saturated heterocycles. The highest BCUT2D eigenvalue weighted by atomic mass is 16.6. The molecule has 0 aromatic heterocycles. The van der Waals surface area contributed by atoms with Crippen LogP contribution in [0.4, 0.5) is 0 Å². The summed E-state index contributed by atoms with van der Waals surface area (Å²) in [5.41, 5.74) is -0.566. The summed E-state index contributed by atoms with van der Waals surface area (Å²) in [6.07, 6.45) is 4.86. The number of aliphatic imine (C=N–C) groups is 1. The molecular weight excluding hydrogens is 302 g/mol. The van der Waals surface area contributed by atoms with Crippen LogP contribution in [-0.2, 0) is 9.53 Å². The molecule has 3 saturated carbocycles. The van der Waals surface area contributed by atoms with Gasteiger partial charge in [0.2, 0.25) is 0 Å². The van der Waals surface area contributed by atoms with Crippen LogP contribution in [0.2, 0.25) is 0 Å². The molecule has 3 rings (SSSR count). The van der Waals surface area contributed by atoms with Crippen molar-refractivity contribution in [3.63, 3.8) is 0 Å². The summed E-state index contributed by atoms with van der Waals surface area (Å²) in [5.74, 6) is 0.438. The molecule has 0 spiro atoms. The van der Waals surface area contributed by atoms with Crippen LogP contribution in [0.3, 0.4) is 0 Å². The Hall–Kier alpha value is -1.16. The average Bonchev–Trinajstić information content (AvgIpc) is 2.41. The molecule has 0 amide bonds. The molecule has 3 aliphatic rings. The van der Waals surface area contributed by atoms with Gasteiger partial charge in [-0.2, -0.15) is 0 Å². The van der Waals surface area contributed by atoms with Crippen LogP contribution >= 0.6 is 0 Å². The highest BCUT2D eigenvalue weighted by molar-refractivity contribution is 5.96. The van der Waals surface area contributed by atoms with E-state index in [1.807, 2.05) is 27.7 Å². The van der Waals surface area contributed by atoms with E-state index in [0.717, 1.165) is 18.6 Å². The van der Waals surface area contributed by atoms with Gasteiger partial charge in [0.15, 0.2) is 0 Å². The van der Waals surface area contributed by atoms with E-state index in [0.29, 0.717) is 18.8 Å². The first-order valence-corrected chi connectivity index (χ1v) is 9.03. The maximum atomic E-state index is 12.5. The Morgan fingerprint density at radius 2 is 2.08 bits per heavy atom. The molecule has 1 N–H and O–H groups in total. The third-order valence-corrected chi connectivity index (χ3v) is 5.81. The van der Waals surface area contributed by atoms with E-state index < -0.39 is 17.2 Å². The van der Waals surface area contributed by atoms with Crippen LogP contribution in [0, 0.1) is 17.3 Å². The molecular formula is C20H33NO3. The number of allylic oxidation sites excluding steroid dienone is 1. The number of aliphatic hydroxyl groups is 1. The molecule has 0 aromatic rings. The van der Waals surface area contributed by atoms with Crippen LogP contribution in [0.1, 0.15) is 67.2 Å². The van der Waals surface area contributed by atoms with Crippen LogP contribution < -0.4 is 0 Å². The number of carbonyl (C=O) groups excluding carboxylic acids is 1. The van der Waals surface area contributed by atoms with Gasteiger partial charge in [0.05, 0.1) is 0 Å². The zero-order valence-electron chi connectivity index (χ0n) is 16.1. The normalized spacial score (nSPS) is 34.4. The Bertz CT molecular complexity index is 540. The first-order chi connectivity index (χ1) is 10.9. The van der Waals surface area contributed by atoms with Crippen molar-refractivity contribution in [2.24, 2.45) is 22.2 Å². The van der Waals surface area contributed by atoms with Gasteiger partial charge >= 0.3 is 5.97 Å². The molecule has 4 atom stereocenters. The second-order valence-corrected chi connectivity index (χ2v) is 9.15. The summed E-state index contributed by atoms with van der Waals surface area (Å²) in [5, 5.41) is 11.1. The van der Waals surface area contributed by atoms with Gasteiger partial charge in [-0.3, -0.25) is 4.99 Å². The quantitative estimate of drug-likeness (QED) is 0.612. The van der Waals surface area contributed by atoms with Crippen molar-refractivity contribution in [1.29, 1.82) is 0 Å². The molecule has 4 heteroatoms. The Kier molecular flexibility index (Phi) is 5.02. The molecule has 136 valence electrons. The molecule has 4 nitrogen and oxygen atoms in total. The molecule has 0 aromatic carbocycles. The average molecular weight is 335 g/mol. The first-order valence-electron chi connectivity index (χ1n) is 9.03. The van der Waals surface area contributed by atoms with Gasteiger partial charge < -0.3 is 9.84 Å². The molecule has 0 unspecified atom stereocenters. The topological polar surface area (TPSA) is 58.9 Å². The Balaban J connectivity index is 2.23. The first kappa shape index (κ1) is 19.2. The van der Waals surface area contributed by atoms with Crippen LogP contribution in [0.15, 0.2) is 17.6 Å². The highest BCUT2D eigenvalue weighted by Crippen LogP contribution is 2.61. The van der Waals surface area contributed by atoms with E-state index in [-0.39, 0.29) is 17.3 Å². The molecule has 0 heterocycles. The number of ether oxygens (including phenoxy) is 1.